The summed E-state index contributed by atoms with van der Waals surface area (Å²) < 4.78 is 38.0. The van der Waals surface area contributed by atoms with Crippen molar-refractivity contribution < 1.29 is 22.8 Å². The summed E-state index contributed by atoms with van der Waals surface area (Å²) in [5.74, 6) is -3.05. The van der Waals surface area contributed by atoms with E-state index in [9.17, 15) is 22.8 Å². The number of hydrogen-bond donors (Lipinski definition) is 2. The average molecular weight is 281 g/mol. The number of alkyl halides is 3. The van der Waals surface area contributed by atoms with E-state index in [4.69, 9.17) is 0 Å². The summed E-state index contributed by atoms with van der Waals surface area (Å²) in [5, 5.41) is -0.143. The Hall–Kier alpha value is -1.76. The molecule has 0 spiro atoms. The molecular formula is C10H8ClF3N2O2. The first-order chi connectivity index (χ1) is 8.20. The molecule has 18 heavy (non-hydrogen) atoms. The largest absolute Gasteiger partial charge is 0.400 e. The highest BCUT2D eigenvalue weighted by atomic mass is 35.5. The van der Waals surface area contributed by atoms with Crippen LogP contribution in [0.15, 0.2) is 18.2 Å². The van der Waals surface area contributed by atoms with Gasteiger partial charge in [0.25, 0.3) is 0 Å². The first kappa shape index (κ1) is 14.3. The van der Waals surface area contributed by atoms with Crippen LogP contribution in [0.3, 0.4) is 0 Å². The van der Waals surface area contributed by atoms with Crippen molar-refractivity contribution in [3.05, 3.63) is 24.0 Å². The van der Waals surface area contributed by atoms with Gasteiger partial charge < -0.3 is 10.6 Å². The molecule has 0 unspecified atom stereocenters. The van der Waals surface area contributed by atoms with Crippen molar-refractivity contribution in [2.45, 2.75) is 12.3 Å². The van der Waals surface area contributed by atoms with Crippen molar-refractivity contribution in [2.24, 2.45) is 0 Å². The number of rotatable bonds is 3. The summed E-state index contributed by atoms with van der Waals surface area (Å²) in [4.78, 5) is 21.6. The molecule has 98 valence electrons. The van der Waals surface area contributed by atoms with Gasteiger partial charge in [0.2, 0.25) is 5.91 Å². The topological polar surface area (TPSA) is 58.2 Å². The molecule has 0 saturated heterocycles. The molecule has 1 rings (SSSR count). The molecule has 0 fully saturated rings. The number of benzene rings is 1. The van der Waals surface area contributed by atoms with E-state index in [1.165, 1.54) is 0 Å². The number of anilines is 2. The first-order valence-electron chi connectivity index (χ1n) is 4.65. The Morgan fingerprint density at radius 3 is 2.39 bits per heavy atom. The highest BCUT2D eigenvalue weighted by Crippen LogP contribution is 2.24. The Morgan fingerprint density at radius 2 is 1.89 bits per heavy atom. The molecule has 1 aromatic carbocycles. The van der Waals surface area contributed by atoms with Crippen molar-refractivity contribution >= 4 is 34.8 Å². The molecule has 0 bridgehead atoms. The Labute approximate surface area is 105 Å². The maximum Gasteiger partial charge on any atom is 0.400 e. The fourth-order valence-electron chi connectivity index (χ4n) is 1.09. The Kier molecular flexibility index (Phi) is 4.18. The van der Waals surface area contributed by atoms with Gasteiger partial charge in [-0.05, 0) is 29.8 Å². The zero-order valence-electron chi connectivity index (χ0n) is 9.06. The lowest BCUT2D eigenvalue weighted by atomic mass is 10.2. The van der Waals surface area contributed by atoms with E-state index in [1.807, 2.05) is 0 Å². The minimum atomic E-state index is -4.07. The molecule has 0 radical (unpaired) electrons. The molecule has 2 N–H and O–H groups in total. The smallest absolute Gasteiger partial charge is 0.324 e. The summed E-state index contributed by atoms with van der Waals surface area (Å²) in [7, 11) is 0. The van der Waals surface area contributed by atoms with Gasteiger partial charge in [-0.3, -0.25) is 9.59 Å². The van der Waals surface area contributed by atoms with Gasteiger partial charge in [-0.25, -0.2) is 4.39 Å². The van der Waals surface area contributed by atoms with E-state index >= 15 is 0 Å². The van der Waals surface area contributed by atoms with Crippen molar-refractivity contribution in [3.63, 3.8) is 0 Å². The molecule has 2 amide bonds. The van der Waals surface area contributed by atoms with Crippen LogP contribution in [-0.4, -0.2) is 17.2 Å². The summed E-state index contributed by atoms with van der Waals surface area (Å²) in [6.45, 7) is 1.15. The van der Waals surface area contributed by atoms with Crippen LogP contribution in [-0.2, 0) is 9.59 Å². The summed E-state index contributed by atoms with van der Waals surface area (Å²) in [5.41, 5.74) is -0.358. The Bertz CT molecular complexity index is 489. The number of amides is 2. The lowest BCUT2D eigenvalue weighted by Gasteiger charge is -2.11. The van der Waals surface area contributed by atoms with E-state index in [2.05, 4.69) is 16.9 Å². The second-order valence-electron chi connectivity index (χ2n) is 3.33. The molecule has 1 aromatic rings. The highest BCUT2D eigenvalue weighted by Gasteiger charge is 2.35. The van der Waals surface area contributed by atoms with E-state index < -0.39 is 23.0 Å². The highest BCUT2D eigenvalue weighted by molar-refractivity contribution is 6.33. The predicted octanol–water partition coefficient (Wildman–Crippen LogP) is 2.55. The van der Waals surface area contributed by atoms with E-state index in [0.29, 0.717) is 0 Å². The monoisotopic (exact) mass is 280 g/mol. The van der Waals surface area contributed by atoms with Crippen LogP contribution in [0.25, 0.3) is 0 Å². The van der Waals surface area contributed by atoms with Gasteiger partial charge in [0.1, 0.15) is 5.82 Å². The Morgan fingerprint density at radius 1 is 1.28 bits per heavy atom. The first-order valence-corrected chi connectivity index (χ1v) is 5.03. The number of halogens is 4. The minimum Gasteiger partial charge on any atom is -0.324 e. The molecule has 0 aromatic heterocycles. The van der Waals surface area contributed by atoms with Gasteiger partial charge in [0.05, 0.1) is 5.69 Å². The minimum absolute atomic E-state index is 0.120. The fourth-order valence-corrected chi connectivity index (χ4v) is 1.14. The molecule has 0 aliphatic rings. The molecule has 0 saturated carbocycles. The van der Waals surface area contributed by atoms with Crippen molar-refractivity contribution in [1.29, 1.82) is 0 Å². The third kappa shape index (κ3) is 3.92. The van der Waals surface area contributed by atoms with E-state index in [1.54, 1.807) is 5.32 Å². The van der Waals surface area contributed by atoms with Crippen LogP contribution >= 0.6 is 11.6 Å². The summed E-state index contributed by atoms with van der Waals surface area (Å²) in [6, 6.07) is 2.96. The average Bonchev–Trinajstić information content (AvgIpc) is 2.20. The van der Waals surface area contributed by atoms with Crippen molar-refractivity contribution in [3.8, 4) is 0 Å². The fraction of sp³-hybridized carbons (Fsp3) is 0.200. The van der Waals surface area contributed by atoms with Crippen LogP contribution in [0.5, 0.6) is 0 Å². The van der Waals surface area contributed by atoms with Crippen molar-refractivity contribution in [2.75, 3.05) is 10.6 Å². The van der Waals surface area contributed by atoms with Gasteiger partial charge in [-0.2, -0.15) is 8.78 Å². The van der Waals surface area contributed by atoms with E-state index in [-0.39, 0.29) is 11.4 Å². The normalized spacial score (nSPS) is 10.9. The standard InChI is InChI=1S/C10H8ClF3N2O2/c1-5(17)15-8-4-6(2-3-7(8)12)16-9(18)10(11,13)14/h2-4H,1H3,(H,15,17)(H,16,18). The molecule has 0 aliphatic heterocycles. The van der Waals surface area contributed by atoms with Gasteiger partial charge in [-0.15, -0.1) is 0 Å². The number of carbonyl (C=O) groups excluding carboxylic acids is 2. The third-order valence-corrected chi connectivity index (χ3v) is 1.96. The number of nitrogens with one attached hydrogen (secondary N) is 2. The summed E-state index contributed by atoms with van der Waals surface area (Å²) >= 11 is 4.50. The van der Waals surface area contributed by atoms with Crippen LogP contribution < -0.4 is 10.6 Å². The summed E-state index contributed by atoms with van der Waals surface area (Å²) in [6.07, 6.45) is 0. The molecular weight excluding hydrogens is 273 g/mol. The zero-order valence-corrected chi connectivity index (χ0v) is 9.82. The lowest BCUT2D eigenvalue weighted by molar-refractivity contribution is -0.130. The maximum absolute atomic E-state index is 13.2. The van der Waals surface area contributed by atoms with Gasteiger partial charge in [-0.1, -0.05) is 0 Å². The lowest BCUT2D eigenvalue weighted by Crippen LogP contribution is -2.28. The molecule has 0 aliphatic carbocycles. The third-order valence-electron chi connectivity index (χ3n) is 1.79. The van der Waals surface area contributed by atoms with Crippen LogP contribution in [0.4, 0.5) is 24.5 Å². The van der Waals surface area contributed by atoms with Crippen LogP contribution in [0.1, 0.15) is 6.92 Å². The SMILES string of the molecule is CC(=O)Nc1cc(NC(=O)C(F)(F)Cl)ccc1F. The second kappa shape index (κ2) is 5.26. The zero-order chi connectivity index (χ0) is 13.9. The van der Waals surface area contributed by atoms with Gasteiger partial charge in [0, 0.05) is 12.6 Å². The molecule has 8 heteroatoms. The van der Waals surface area contributed by atoms with E-state index in [0.717, 1.165) is 25.1 Å². The predicted molar refractivity (Wildman–Crippen MR) is 60.1 cm³/mol. The molecule has 0 heterocycles. The Balaban J connectivity index is 2.92. The van der Waals surface area contributed by atoms with Crippen LogP contribution in [0.2, 0.25) is 0 Å². The van der Waals surface area contributed by atoms with Crippen molar-refractivity contribution in [1.82, 2.24) is 0 Å². The second-order valence-corrected chi connectivity index (χ2v) is 3.80. The van der Waals surface area contributed by atoms with Crippen LogP contribution in [0, 0.1) is 5.82 Å². The quantitative estimate of drug-likeness (QED) is 0.836. The molecule has 4 nitrogen and oxygen atoms in total. The maximum atomic E-state index is 13.2. The number of hydrogen-bond acceptors (Lipinski definition) is 2. The number of carbonyl (C=O) groups is 2. The molecule has 0 atom stereocenters. The van der Waals surface area contributed by atoms with Gasteiger partial charge in [0.15, 0.2) is 0 Å². The van der Waals surface area contributed by atoms with Gasteiger partial charge >= 0.3 is 11.3 Å².